The van der Waals surface area contributed by atoms with Gasteiger partial charge in [-0.1, -0.05) is 26.7 Å². The van der Waals surface area contributed by atoms with E-state index in [0.717, 1.165) is 31.6 Å². The quantitative estimate of drug-likeness (QED) is 0.858. The van der Waals surface area contributed by atoms with Crippen molar-refractivity contribution in [2.45, 2.75) is 40.5 Å². The second-order valence-corrected chi connectivity index (χ2v) is 4.95. The van der Waals surface area contributed by atoms with Crippen LogP contribution in [0.25, 0.3) is 0 Å². The summed E-state index contributed by atoms with van der Waals surface area (Å²) in [5, 5.41) is 0. The van der Waals surface area contributed by atoms with Gasteiger partial charge in [-0.2, -0.15) is 0 Å². The van der Waals surface area contributed by atoms with Crippen LogP contribution in [-0.2, 0) is 0 Å². The van der Waals surface area contributed by atoms with Crippen LogP contribution < -0.4 is 5.73 Å². The molecular weight excluding hydrogens is 238 g/mol. The summed E-state index contributed by atoms with van der Waals surface area (Å²) in [4.78, 5) is 18.5. The van der Waals surface area contributed by atoms with Crippen LogP contribution in [0.5, 0.6) is 0 Å². The van der Waals surface area contributed by atoms with Gasteiger partial charge in [-0.05, 0) is 31.9 Å². The maximum Gasteiger partial charge on any atom is 0.254 e. The third kappa shape index (κ3) is 4.23. The smallest absolute Gasteiger partial charge is 0.254 e. The Bertz CT molecular complexity index is 407. The Morgan fingerprint density at radius 2 is 1.95 bits per heavy atom. The van der Waals surface area contributed by atoms with Crippen molar-refractivity contribution in [1.29, 1.82) is 0 Å². The van der Waals surface area contributed by atoms with Crippen molar-refractivity contribution in [2.24, 2.45) is 5.92 Å². The molecule has 19 heavy (non-hydrogen) atoms. The summed E-state index contributed by atoms with van der Waals surface area (Å²) < 4.78 is 0. The summed E-state index contributed by atoms with van der Waals surface area (Å²) in [5.74, 6) is 1.01. The highest BCUT2D eigenvalue weighted by atomic mass is 16.2. The monoisotopic (exact) mass is 263 g/mol. The normalized spacial score (nSPS) is 10.8. The molecule has 1 aromatic heterocycles. The largest absolute Gasteiger partial charge is 0.384 e. The molecule has 0 aliphatic carbocycles. The zero-order chi connectivity index (χ0) is 14.4. The highest BCUT2D eigenvalue weighted by Crippen LogP contribution is 2.14. The lowest BCUT2D eigenvalue weighted by Crippen LogP contribution is -2.35. The van der Waals surface area contributed by atoms with Crippen molar-refractivity contribution >= 4 is 11.7 Å². The third-order valence-electron chi connectivity index (χ3n) is 3.52. The number of rotatable bonds is 6. The van der Waals surface area contributed by atoms with Crippen LogP contribution in [0.3, 0.4) is 0 Å². The third-order valence-corrected chi connectivity index (χ3v) is 3.52. The van der Waals surface area contributed by atoms with Gasteiger partial charge in [0.15, 0.2) is 0 Å². The topological polar surface area (TPSA) is 59.2 Å². The van der Waals surface area contributed by atoms with Gasteiger partial charge in [-0.25, -0.2) is 4.98 Å². The van der Waals surface area contributed by atoms with E-state index in [0.29, 0.717) is 17.3 Å². The van der Waals surface area contributed by atoms with Gasteiger partial charge in [0.1, 0.15) is 5.82 Å². The highest BCUT2D eigenvalue weighted by Gasteiger charge is 2.18. The Morgan fingerprint density at radius 3 is 2.42 bits per heavy atom. The molecule has 4 heteroatoms. The lowest BCUT2D eigenvalue weighted by atomic mass is 10.0. The summed E-state index contributed by atoms with van der Waals surface area (Å²) in [6.07, 6.45) is 2.19. The van der Waals surface area contributed by atoms with Crippen LogP contribution in [0.4, 0.5) is 5.82 Å². The van der Waals surface area contributed by atoms with Gasteiger partial charge in [0.2, 0.25) is 0 Å². The fourth-order valence-corrected chi connectivity index (χ4v) is 2.21. The van der Waals surface area contributed by atoms with Crippen molar-refractivity contribution < 1.29 is 4.79 Å². The van der Waals surface area contributed by atoms with Gasteiger partial charge in [-0.3, -0.25) is 4.79 Å². The molecule has 0 atom stereocenters. The standard InChI is InChI=1S/C15H25N3O/c1-5-12(6-2)10-18(7-3)15(19)13-8-11(4)17-14(16)9-13/h8-9,12H,5-7,10H2,1-4H3,(H2,16,17). The Labute approximate surface area is 116 Å². The second kappa shape index (κ2) is 7.12. The average molecular weight is 263 g/mol. The van der Waals surface area contributed by atoms with E-state index < -0.39 is 0 Å². The molecule has 1 heterocycles. The first-order valence-electron chi connectivity index (χ1n) is 7.05. The molecule has 0 radical (unpaired) electrons. The summed E-state index contributed by atoms with van der Waals surface area (Å²) in [6.45, 7) is 9.73. The SMILES string of the molecule is CCC(CC)CN(CC)C(=O)c1cc(C)nc(N)c1. The number of carbonyl (C=O) groups excluding carboxylic acids is 1. The summed E-state index contributed by atoms with van der Waals surface area (Å²) in [7, 11) is 0. The Kier molecular flexibility index (Phi) is 5.80. The van der Waals surface area contributed by atoms with E-state index in [1.165, 1.54) is 0 Å². The summed E-state index contributed by atoms with van der Waals surface area (Å²) in [5.41, 5.74) is 7.13. The molecule has 1 aromatic rings. The molecule has 0 saturated heterocycles. The number of nitrogen functional groups attached to an aromatic ring is 1. The van der Waals surface area contributed by atoms with E-state index in [1.807, 2.05) is 18.7 Å². The van der Waals surface area contributed by atoms with Crippen LogP contribution in [0.2, 0.25) is 0 Å². The molecule has 0 aliphatic heterocycles. The molecule has 0 spiro atoms. The van der Waals surface area contributed by atoms with Crippen LogP contribution in [0, 0.1) is 12.8 Å². The number of hydrogen-bond donors (Lipinski definition) is 1. The maximum absolute atomic E-state index is 12.5. The van der Waals surface area contributed by atoms with E-state index >= 15 is 0 Å². The number of aryl methyl sites for hydroxylation is 1. The van der Waals surface area contributed by atoms with Crippen molar-refractivity contribution in [3.8, 4) is 0 Å². The van der Waals surface area contributed by atoms with Crippen LogP contribution >= 0.6 is 0 Å². The minimum atomic E-state index is 0.0478. The number of pyridine rings is 1. The molecule has 0 fully saturated rings. The molecule has 2 N–H and O–H groups in total. The van der Waals surface area contributed by atoms with Gasteiger partial charge in [0.05, 0.1) is 0 Å². The lowest BCUT2D eigenvalue weighted by molar-refractivity contribution is 0.0735. The Balaban J connectivity index is 2.88. The highest BCUT2D eigenvalue weighted by molar-refractivity contribution is 5.95. The number of anilines is 1. The zero-order valence-electron chi connectivity index (χ0n) is 12.4. The Morgan fingerprint density at radius 1 is 1.32 bits per heavy atom. The van der Waals surface area contributed by atoms with Crippen molar-refractivity contribution in [3.63, 3.8) is 0 Å². The first-order chi connectivity index (χ1) is 9.01. The molecular formula is C15H25N3O. The van der Waals surface area contributed by atoms with Crippen LogP contribution in [-0.4, -0.2) is 28.9 Å². The van der Waals surface area contributed by atoms with Crippen LogP contribution in [0.15, 0.2) is 12.1 Å². The van der Waals surface area contributed by atoms with E-state index in [1.54, 1.807) is 12.1 Å². The van der Waals surface area contributed by atoms with Gasteiger partial charge in [-0.15, -0.1) is 0 Å². The number of nitrogens with zero attached hydrogens (tertiary/aromatic N) is 2. The first-order valence-corrected chi connectivity index (χ1v) is 7.05. The predicted octanol–water partition coefficient (Wildman–Crippen LogP) is 2.87. The second-order valence-electron chi connectivity index (χ2n) is 4.95. The van der Waals surface area contributed by atoms with E-state index in [2.05, 4.69) is 18.8 Å². The number of hydrogen-bond acceptors (Lipinski definition) is 3. The number of aromatic nitrogens is 1. The molecule has 4 nitrogen and oxygen atoms in total. The van der Waals surface area contributed by atoms with Gasteiger partial charge >= 0.3 is 0 Å². The molecule has 0 aromatic carbocycles. The summed E-state index contributed by atoms with van der Waals surface area (Å²) >= 11 is 0. The molecule has 0 unspecified atom stereocenters. The molecule has 0 bridgehead atoms. The molecule has 1 rings (SSSR count). The van der Waals surface area contributed by atoms with Crippen LogP contribution in [0.1, 0.15) is 49.7 Å². The minimum Gasteiger partial charge on any atom is -0.384 e. The molecule has 1 amide bonds. The number of nitrogens with two attached hydrogens (primary N) is 1. The Hall–Kier alpha value is -1.58. The molecule has 0 aliphatic rings. The van der Waals surface area contributed by atoms with Gasteiger partial charge in [0.25, 0.3) is 5.91 Å². The maximum atomic E-state index is 12.5. The minimum absolute atomic E-state index is 0.0478. The average Bonchev–Trinajstić information content (AvgIpc) is 2.38. The van der Waals surface area contributed by atoms with E-state index in [9.17, 15) is 4.79 Å². The number of amides is 1. The van der Waals surface area contributed by atoms with E-state index in [4.69, 9.17) is 5.73 Å². The predicted molar refractivity (Wildman–Crippen MR) is 79.0 cm³/mol. The first kappa shape index (κ1) is 15.5. The van der Waals surface area contributed by atoms with Crippen molar-refractivity contribution in [3.05, 3.63) is 23.4 Å². The number of carbonyl (C=O) groups is 1. The fraction of sp³-hybridized carbons (Fsp3) is 0.600. The zero-order valence-corrected chi connectivity index (χ0v) is 12.4. The van der Waals surface area contributed by atoms with E-state index in [-0.39, 0.29) is 5.91 Å². The molecule has 0 saturated carbocycles. The fourth-order valence-electron chi connectivity index (χ4n) is 2.21. The van der Waals surface area contributed by atoms with Crippen molar-refractivity contribution in [1.82, 2.24) is 9.88 Å². The summed E-state index contributed by atoms with van der Waals surface area (Å²) in [6, 6.07) is 3.46. The van der Waals surface area contributed by atoms with Gasteiger partial charge < -0.3 is 10.6 Å². The van der Waals surface area contributed by atoms with Gasteiger partial charge in [0, 0.05) is 24.3 Å². The lowest BCUT2D eigenvalue weighted by Gasteiger charge is -2.25. The van der Waals surface area contributed by atoms with Crippen molar-refractivity contribution in [2.75, 3.05) is 18.8 Å². The molecule has 106 valence electrons.